The average Bonchev–Trinajstić information content (AvgIpc) is 2.35. The zero-order valence-corrected chi connectivity index (χ0v) is 11.5. The van der Waals surface area contributed by atoms with Crippen molar-refractivity contribution < 1.29 is 4.79 Å². The molecule has 0 aliphatic carbocycles. The summed E-state index contributed by atoms with van der Waals surface area (Å²) in [6.45, 7) is 8.14. The van der Waals surface area contributed by atoms with E-state index in [0.29, 0.717) is 13.0 Å². The van der Waals surface area contributed by atoms with Gasteiger partial charge < -0.3 is 16.0 Å². The summed E-state index contributed by atoms with van der Waals surface area (Å²) in [5, 5.41) is 3.22. The molecule has 0 saturated heterocycles. The Morgan fingerprint density at radius 3 is 2.56 bits per heavy atom. The summed E-state index contributed by atoms with van der Waals surface area (Å²) in [4.78, 5) is 13.6. The highest BCUT2D eigenvalue weighted by Gasteiger charge is 2.08. The van der Waals surface area contributed by atoms with Crippen LogP contribution in [0.3, 0.4) is 0 Å². The fourth-order valence-corrected chi connectivity index (χ4v) is 1.80. The fraction of sp³-hybridized carbons (Fsp3) is 0.500. The van der Waals surface area contributed by atoms with Gasteiger partial charge in [-0.05, 0) is 38.5 Å². The number of carbonyl (C=O) groups excluding carboxylic acids is 1. The molecular formula is C14H23N3O. The molecular weight excluding hydrogens is 226 g/mol. The van der Waals surface area contributed by atoms with E-state index in [9.17, 15) is 4.79 Å². The first kappa shape index (κ1) is 14.4. The average molecular weight is 249 g/mol. The molecule has 0 fully saturated rings. The summed E-state index contributed by atoms with van der Waals surface area (Å²) in [6.07, 6.45) is 0.509. The lowest BCUT2D eigenvalue weighted by Crippen LogP contribution is -2.31. The number of hydrogen-bond donors (Lipinski definition) is 2. The van der Waals surface area contributed by atoms with Crippen LogP contribution in [0, 0.1) is 6.92 Å². The first-order chi connectivity index (χ1) is 8.58. The predicted molar refractivity (Wildman–Crippen MR) is 76.6 cm³/mol. The summed E-state index contributed by atoms with van der Waals surface area (Å²) in [6, 6.07) is 5.86. The van der Waals surface area contributed by atoms with E-state index in [1.165, 1.54) is 0 Å². The number of hydrogen-bond acceptors (Lipinski definition) is 3. The van der Waals surface area contributed by atoms with Crippen LogP contribution in [0.15, 0.2) is 18.2 Å². The number of nitrogens with zero attached hydrogens (tertiary/aromatic N) is 1. The molecule has 0 aromatic heterocycles. The summed E-state index contributed by atoms with van der Waals surface area (Å²) in [5.41, 5.74) is 8.63. The highest BCUT2D eigenvalue weighted by Crippen LogP contribution is 2.16. The number of nitrogen functional groups attached to an aromatic ring is 1. The quantitative estimate of drug-likeness (QED) is 0.760. The van der Waals surface area contributed by atoms with Crippen LogP contribution < -0.4 is 11.1 Å². The minimum Gasteiger partial charge on any atom is -0.398 e. The van der Waals surface area contributed by atoms with Gasteiger partial charge in [-0.1, -0.05) is 6.07 Å². The first-order valence-electron chi connectivity index (χ1n) is 6.46. The molecule has 1 aromatic carbocycles. The molecule has 0 atom stereocenters. The minimum atomic E-state index is 0.188. The lowest BCUT2D eigenvalue weighted by molar-refractivity contribution is -0.130. The van der Waals surface area contributed by atoms with E-state index >= 15 is 0 Å². The second-order valence-electron chi connectivity index (χ2n) is 4.31. The topological polar surface area (TPSA) is 58.4 Å². The molecule has 0 radical (unpaired) electrons. The molecule has 1 rings (SSSR count). The Balaban J connectivity index is 2.41. The zero-order valence-electron chi connectivity index (χ0n) is 11.5. The van der Waals surface area contributed by atoms with Crippen molar-refractivity contribution in [3.05, 3.63) is 23.8 Å². The number of benzene rings is 1. The van der Waals surface area contributed by atoms with Gasteiger partial charge in [0, 0.05) is 37.4 Å². The molecule has 0 saturated carbocycles. The molecule has 0 unspecified atom stereocenters. The molecule has 0 heterocycles. The summed E-state index contributed by atoms with van der Waals surface area (Å²) < 4.78 is 0. The van der Waals surface area contributed by atoms with E-state index < -0.39 is 0 Å². The first-order valence-corrected chi connectivity index (χ1v) is 6.46. The normalized spacial score (nSPS) is 10.2. The van der Waals surface area contributed by atoms with Crippen LogP contribution in [0.5, 0.6) is 0 Å². The summed E-state index contributed by atoms with van der Waals surface area (Å²) >= 11 is 0. The van der Waals surface area contributed by atoms with Gasteiger partial charge >= 0.3 is 0 Å². The maximum Gasteiger partial charge on any atom is 0.224 e. The van der Waals surface area contributed by atoms with Gasteiger partial charge in [0.1, 0.15) is 0 Å². The van der Waals surface area contributed by atoms with Gasteiger partial charge in [-0.2, -0.15) is 0 Å². The van der Waals surface area contributed by atoms with Crippen LogP contribution in [-0.4, -0.2) is 30.4 Å². The molecule has 4 heteroatoms. The number of carbonyl (C=O) groups is 1. The van der Waals surface area contributed by atoms with Crippen molar-refractivity contribution in [3.8, 4) is 0 Å². The van der Waals surface area contributed by atoms with Crippen LogP contribution in [0.25, 0.3) is 0 Å². The van der Waals surface area contributed by atoms with Gasteiger partial charge in [0.2, 0.25) is 5.91 Å². The predicted octanol–water partition coefficient (Wildman–Crippen LogP) is 2.25. The monoisotopic (exact) mass is 249 g/mol. The SMILES string of the molecule is CCN(CC)C(=O)CCNc1ccc(C)c(N)c1. The van der Waals surface area contributed by atoms with E-state index in [-0.39, 0.29) is 5.91 Å². The Morgan fingerprint density at radius 1 is 1.33 bits per heavy atom. The van der Waals surface area contributed by atoms with Gasteiger partial charge in [-0.25, -0.2) is 0 Å². The molecule has 1 amide bonds. The minimum absolute atomic E-state index is 0.188. The van der Waals surface area contributed by atoms with E-state index in [2.05, 4.69) is 5.32 Å². The van der Waals surface area contributed by atoms with Crippen molar-refractivity contribution >= 4 is 17.3 Å². The fourth-order valence-electron chi connectivity index (χ4n) is 1.80. The van der Waals surface area contributed by atoms with Crippen molar-refractivity contribution in [1.29, 1.82) is 0 Å². The van der Waals surface area contributed by atoms with Crippen LogP contribution in [0.1, 0.15) is 25.8 Å². The van der Waals surface area contributed by atoms with Crippen LogP contribution >= 0.6 is 0 Å². The molecule has 4 nitrogen and oxygen atoms in total. The molecule has 1 aromatic rings. The van der Waals surface area contributed by atoms with Gasteiger partial charge in [0.15, 0.2) is 0 Å². The number of anilines is 2. The molecule has 18 heavy (non-hydrogen) atoms. The van der Waals surface area contributed by atoms with Crippen molar-refractivity contribution in [1.82, 2.24) is 4.90 Å². The lowest BCUT2D eigenvalue weighted by atomic mass is 10.2. The molecule has 100 valence electrons. The smallest absolute Gasteiger partial charge is 0.224 e. The van der Waals surface area contributed by atoms with E-state index in [4.69, 9.17) is 5.73 Å². The van der Waals surface area contributed by atoms with Crippen LogP contribution in [-0.2, 0) is 4.79 Å². The Kier molecular flexibility index (Phi) is 5.49. The maximum absolute atomic E-state index is 11.8. The van der Waals surface area contributed by atoms with Gasteiger partial charge in [0.05, 0.1) is 0 Å². The standard InChI is InChI=1S/C14H23N3O/c1-4-17(5-2)14(18)8-9-16-12-7-6-11(3)13(15)10-12/h6-7,10,16H,4-5,8-9,15H2,1-3H3. The Morgan fingerprint density at radius 2 is 2.00 bits per heavy atom. The Bertz CT molecular complexity index is 400. The summed E-state index contributed by atoms with van der Waals surface area (Å²) in [5.74, 6) is 0.188. The highest BCUT2D eigenvalue weighted by atomic mass is 16.2. The number of rotatable bonds is 6. The van der Waals surface area contributed by atoms with Crippen LogP contribution in [0.2, 0.25) is 0 Å². The third kappa shape index (κ3) is 3.95. The maximum atomic E-state index is 11.8. The second-order valence-corrected chi connectivity index (χ2v) is 4.31. The molecule has 0 bridgehead atoms. The van der Waals surface area contributed by atoms with Gasteiger partial charge in [0.25, 0.3) is 0 Å². The van der Waals surface area contributed by atoms with E-state index in [1.807, 2.05) is 43.9 Å². The Hall–Kier alpha value is -1.71. The molecule has 3 N–H and O–H groups in total. The van der Waals surface area contributed by atoms with Crippen molar-refractivity contribution in [3.63, 3.8) is 0 Å². The van der Waals surface area contributed by atoms with Crippen molar-refractivity contribution in [2.45, 2.75) is 27.2 Å². The number of amides is 1. The van der Waals surface area contributed by atoms with Crippen LogP contribution in [0.4, 0.5) is 11.4 Å². The van der Waals surface area contributed by atoms with Gasteiger partial charge in [-0.15, -0.1) is 0 Å². The second kappa shape index (κ2) is 6.89. The molecule has 0 aliphatic heterocycles. The van der Waals surface area contributed by atoms with E-state index in [0.717, 1.165) is 30.0 Å². The van der Waals surface area contributed by atoms with Gasteiger partial charge in [-0.3, -0.25) is 4.79 Å². The number of nitrogens with two attached hydrogens (primary N) is 1. The highest BCUT2D eigenvalue weighted by molar-refractivity contribution is 5.76. The number of nitrogens with one attached hydrogen (secondary N) is 1. The number of aryl methyl sites for hydroxylation is 1. The third-order valence-electron chi connectivity index (χ3n) is 3.06. The van der Waals surface area contributed by atoms with E-state index in [1.54, 1.807) is 0 Å². The summed E-state index contributed by atoms with van der Waals surface area (Å²) in [7, 11) is 0. The lowest BCUT2D eigenvalue weighted by Gasteiger charge is -2.18. The Labute approximate surface area is 109 Å². The third-order valence-corrected chi connectivity index (χ3v) is 3.06. The van der Waals surface area contributed by atoms with Crippen molar-refractivity contribution in [2.24, 2.45) is 0 Å². The zero-order chi connectivity index (χ0) is 13.5. The molecule has 0 aliphatic rings. The largest absolute Gasteiger partial charge is 0.398 e. The molecule has 0 spiro atoms. The van der Waals surface area contributed by atoms with Crippen molar-refractivity contribution in [2.75, 3.05) is 30.7 Å².